The highest BCUT2D eigenvalue weighted by molar-refractivity contribution is 6.30. The molecule has 0 aliphatic rings. The van der Waals surface area contributed by atoms with Crippen molar-refractivity contribution in [2.24, 2.45) is 5.10 Å². The highest BCUT2D eigenvalue weighted by atomic mass is 35.5. The topological polar surface area (TPSA) is 50.7 Å². The predicted molar refractivity (Wildman–Crippen MR) is 79.1 cm³/mol. The first-order chi connectivity index (χ1) is 10.1. The molecular weight excluding hydrogens is 295 g/mol. The molecule has 2 aromatic rings. The van der Waals surface area contributed by atoms with Crippen molar-refractivity contribution < 1.29 is 13.9 Å². The number of rotatable bonds is 5. The zero-order valence-electron chi connectivity index (χ0n) is 10.9. The van der Waals surface area contributed by atoms with Crippen LogP contribution in [0.4, 0.5) is 4.39 Å². The van der Waals surface area contributed by atoms with E-state index >= 15 is 0 Å². The van der Waals surface area contributed by atoms with Crippen LogP contribution >= 0.6 is 11.6 Å². The van der Waals surface area contributed by atoms with Gasteiger partial charge >= 0.3 is 0 Å². The smallest absolute Gasteiger partial charge is 0.277 e. The van der Waals surface area contributed by atoms with E-state index in [0.717, 1.165) is 0 Å². The number of nitrogens with zero attached hydrogens (tertiary/aromatic N) is 1. The number of nitrogens with one attached hydrogen (secondary N) is 1. The van der Waals surface area contributed by atoms with Crippen LogP contribution in [-0.4, -0.2) is 18.7 Å². The first-order valence-corrected chi connectivity index (χ1v) is 6.47. The Labute approximate surface area is 126 Å². The van der Waals surface area contributed by atoms with Crippen molar-refractivity contribution in [1.82, 2.24) is 5.43 Å². The van der Waals surface area contributed by atoms with Crippen LogP contribution in [-0.2, 0) is 4.79 Å². The Morgan fingerprint density at radius 3 is 2.86 bits per heavy atom. The van der Waals surface area contributed by atoms with Gasteiger partial charge in [-0.25, -0.2) is 9.82 Å². The van der Waals surface area contributed by atoms with Crippen LogP contribution in [0.2, 0.25) is 5.02 Å². The van der Waals surface area contributed by atoms with Gasteiger partial charge in [0.05, 0.1) is 6.21 Å². The van der Waals surface area contributed by atoms with Gasteiger partial charge in [0.25, 0.3) is 5.91 Å². The Balaban J connectivity index is 1.80. The second kappa shape index (κ2) is 7.40. The molecule has 2 rings (SSSR count). The molecule has 0 spiro atoms. The van der Waals surface area contributed by atoms with Crippen molar-refractivity contribution in [1.29, 1.82) is 0 Å². The molecule has 2 aromatic carbocycles. The lowest BCUT2D eigenvalue weighted by Crippen LogP contribution is -2.24. The molecule has 0 atom stereocenters. The highest BCUT2D eigenvalue weighted by Gasteiger charge is 2.01. The van der Waals surface area contributed by atoms with Crippen LogP contribution < -0.4 is 10.2 Å². The van der Waals surface area contributed by atoms with E-state index in [4.69, 9.17) is 16.3 Å². The van der Waals surface area contributed by atoms with E-state index in [-0.39, 0.29) is 12.4 Å². The van der Waals surface area contributed by atoms with E-state index in [9.17, 15) is 9.18 Å². The van der Waals surface area contributed by atoms with Crippen LogP contribution in [0, 0.1) is 5.82 Å². The van der Waals surface area contributed by atoms with E-state index in [0.29, 0.717) is 16.3 Å². The van der Waals surface area contributed by atoms with Crippen molar-refractivity contribution >= 4 is 23.7 Å². The molecule has 0 saturated carbocycles. The summed E-state index contributed by atoms with van der Waals surface area (Å²) in [6, 6.07) is 12.6. The minimum atomic E-state index is -0.428. The summed E-state index contributed by atoms with van der Waals surface area (Å²) in [5.74, 6) is -0.302. The van der Waals surface area contributed by atoms with E-state index in [1.54, 1.807) is 36.4 Å². The van der Waals surface area contributed by atoms with Gasteiger partial charge in [0, 0.05) is 5.02 Å². The molecular formula is C15H12ClFN2O2. The molecule has 0 aliphatic heterocycles. The Kier molecular flexibility index (Phi) is 5.29. The summed E-state index contributed by atoms with van der Waals surface area (Å²) < 4.78 is 18.2. The molecule has 4 nitrogen and oxygen atoms in total. The Hall–Kier alpha value is -2.40. The molecule has 108 valence electrons. The number of halogens is 2. The molecule has 0 aromatic heterocycles. The summed E-state index contributed by atoms with van der Waals surface area (Å²) in [5.41, 5.74) is 2.83. The zero-order valence-corrected chi connectivity index (χ0v) is 11.7. The summed E-state index contributed by atoms with van der Waals surface area (Å²) in [6.45, 7) is -0.194. The second-order valence-electron chi connectivity index (χ2n) is 4.09. The maximum absolute atomic E-state index is 12.9. The highest BCUT2D eigenvalue weighted by Crippen LogP contribution is 2.16. The summed E-state index contributed by atoms with van der Waals surface area (Å²) in [5, 5.41) is 4.24. The summed E-state index contributed by atoms with van der Waals surface area (Å²) >= 11 is 5.79. The third-order valence-corrected chi connectivity index (χ3v) is 2.65. The molecule has 1 N–H and O–H groups in total. The monoisotopic (exact) mass is 306 g/mol. The maximum atomic E-state index is 12.9. The average Bonchev–Trinajstić information content (AvgIpc) is 2.45. The van der Waals surface area contributed by atoms with Crippen molar-refractivity contribution in [2.75, 3.05) is 6.61 Å². The van der Waals surface area contributed by atoms with E-state index in [2.05, 4.69) is 10.5 Å². The fraction of sp³-hybridized carbons (Fsp3) is 0.0667. The van der Waals surface area contributed by atoms with Gasteiger partial charge in [-0.1, -0.05) is 29.8 Å². The molecule has 0 fully saturated rings. The number of hydrazone groups is 1. The van der Waals surface area contributed by atoms with Crippen LogP contribution in [0.5, 0.6) is 5.75 Å². The lowest BCUT2D eigenvalue weighted by Gasteiger charge is -2.04. The van der Waals surface area contributed by atoms with Crippen molar-refractivity contribution in [3.63, 3.8) is 0 Å². The lowest BCUT2D eigenvalue weighted by atomic mass is 10.2. The Morgan fingerprint density at radius 1 is 1.29 bits per heavy atom. The molecule has 6 heteroatoms. The van der Waals surface area contributed by atoms with Gasteiger partial charge in [-0.2, -0.15) is 5.10 Å². The largest absolute Gasteiger partial charge is 0.484 e. The number of hydrogen-bond donors (Lipinski definition) is 1. The summed E-state index contributed by atoms with van der Waals surface area (Å²) in [7, 11) is 0. The number of carbonyl (C=O) groups is 1. The van der Waals surface area contributed by atoms with Gasteiger partial charge in [0.15, 0.2) is 6.61 Å². The molecule has 0 unspecified atom stereocenters. The van der Waals surface area contributed by atoms with Crippen LogP contribution in [0.25, 0.3) is 0 Å². The van der Waals surface area contributed by atoms with Gasteiger partial charge in [0.1, 0.15) is 11.6 Å². The van der Waals surface area contributed by atoms with Gasteiger partial charge in [-0.15, -0.1) is 0 Å². The minimum absolute atomic E-state index is 0.194. The molecule has 0 aliphatic carbocycles. The number of amides is 1. The number of hydrogen-bond acceptors (Lipinski definition) is 3. The van der Waals surface area contributed by atoms with Gasteiger partial charge < -0.3 is 4.74 Å². The maximum Gasteiger partial charge on any atom is 0.277 e. The van der Waals surface area contributed by atoms with Crippen LogP contribution in [0.3, 0.4) is 0 Å². The van der Waals surface area contributed by atoms with Crippen molar-refractivity contribution in [3.8, 4) is 5.75 Å². The van der Waals surface area contributed by atoms with Crippen molar-refractivity contribution in [3.05, 3.63) is 64.9 Å². The Morgan fingerprint density at radius 2 is 2.10 bits per heavy atom. The minimum Gasteiger partial charge on any atom is -0.484 e. The Bertz CT molecular complexity index is 662. The van der Waals surface area contributed by atoms with Gasteiger partial charge in [-0.05, 0) is 35.9 Å². The fourth-order valence-corrected chi connectivity index (χ4v) is 1.68. The number of ether oxygens (including phenoxy) is 1. The zero-order chi connectivity index (χ0) is 15.1. The van der Waals surface area contributed by atoms with E-state index in [1.165, 1.54) is 18.3 Å². The summed E-state index contributed by atoms with van der Waals surface area (Å²) in [6.07, 6.45) is 1.35. The van der Waals surface area contributed by atoms with Gasteiger partial charge in [0.2, 0.25) is 0 Å². The molecule has 0 radical (unpaired) electrons. The number of carbonyl (C=O) groups excluding carboxylic acids is 1. The predicted octanol–water partition coefficient (Wildman–Crippen LogP) is 3.01. The molecule has 0 saturated heterocycles. The molecule has 0 heterocycles. The third kappa shape index (κ3) is 5.24. The van der Waals surface area contributed by atoms with Gasteiger partial charge in [-0.3, -0.25) is 4.79 Å². The second-order valence-corrected chi connectivity index (χ2v) is 4.53. The third-order valence-electron chi connectivity index (χ3n) is 2.42. The van der Waals surface area contributed by atoms with E-state index in [1.807, 2.05) is 0 Å². The first kappa shape index (κ1) is 15.0. The summed E-state index contributed by atoms with van der Waals surface area (Å²) in [4.78, 5) is 11.5. The molecule has 21 heavy (non-hydrogen) atoms. The fourth-order valence-electron chi connectivity index (χ4n) is 1.50. The van der Waals surface area contributed by atoms with Crippen molar-refractivity contribution in [2.45, 2.75) is 0 Å². The lowest BCUT2D eigenvalue weighted by molar-refractivity contribution is -0.123. The van der Waals surface area contributed by atoms with Crippen LogP contribution in [0.1, 0.15) is 5.56 Å². The normalized spacial score (nSPS) is 10.6. The molecule has 0 bridgehead atoms. The quantitative estimate of drug-likeness (QED) is 0.682. The molecule has 1 amide bonds. The SMILES string of the molecule is O=C(COc1cccc(Cl)c1)N/N=C/c1cccc(F)c1. The average molecular weight is 307 g/mol. The van der Waals surface area contributed by atoms with E-state index < -0.39 is 5.91 Å². The number of benzene rings is 2. The first-order valence-electron chi connectivity index (χ1n) is 6.09. The standard InChI is InChI=1S/C15H12ClFN2O2/c16-12-4-2-6-14(8-12)21-10-15(20)19-18-9-11-3-1-5-13(17)7-11/h1-9H,10H2,(H,19,20)/b18-9+. The van der Waals surface area contributed by atoms with Crippen LogP contribution in [0.15, 0.2) is 53.6 Å².